The second-order valence-corrected chi connectivity index (χ2v) is 9.54. The molecule has 2 N–H and O–H groups in total. The monoisotopic (exact) mass is 513 g/mol. The van der Waals surface area contributed by atoms with Crippen molar-refractivity contribution in [3.05, 3.63) is 52.5 Å². The smallest absolute Gasteiger partial charge is 0.264 e. The van der Waals surface area contributed by atoms with Crippen molar-refractivity contribution in [3.63, 3.8) is 0 Å². The minimum absolute atomic E-state index is 0.0888. The molecule has 30 heavy (non-hydrogen) atoms. The van der Waals surface area contributed by atoms with Gasteiger partial charge in [-0.05, 0) is 77.0 Å². The van der Waals surface area contributed by atoms with E-state index < -0.39 is 15.9 Å². The average molecular weight is 514 g/mol. The first-order valence-electron chi connectivity index (χ1n) is 9.27. The molecule has 0 aliphatic heterocycles. The summed E-state index contributed by atoms with van der Waals surface area (Å²) in [6.45, 7) is 6.13. The predicted octanol–water partition coefficient (Wildman–Crippen LogP) is 3.68. The summed E-state index contributed by atoms with van der Waals surface area (Å²) in [5.74, 6) is 0.139. The van der Waals surface area contributed by atoms with Crippen molar-refractivity contribution in [2.24, 2.45) is 0 Å². The van der Waals surface area contributed by atoms with E-state index in [0.29, 0.717) is 24.5 Å². The number of amides is 1. The molecule has 0 spiro atoms. The number of benzene rings is 2. The topological polar surface area (TPSA) is 87.7 Å². The molecular formula is C20H24BrN3O4S2. The van der Waals surface area contributed by atoms with Crippen LogP contribution in [0.5, 0.6) is 5.75 Å². The molecule has 0 aliphatic rings. The van der Waals surface area contributed by atoms with E-state index in [-0.39, 0.29) is 16.6 Å². The third kappa shape index (κ3) is 6.49. The molecule has 7 nitrogen and oxygen atoms in total. The Morgan fingerprint density at radius 1 is 1.13 bits per heavy atom. The van der Waals surface area contributed by atoms with Crippen molar-refractivity contribution in [1.82, 2.24) is 9.62 Å². The number of ether oxygens (including phenoxy) is 1. The van der Waals surface area contributed by atoms with Crippen LogP contribution < -0.4 is 15.4 Å². The zero-order valence-corrected chi connectivity index (χ0v) is 20.2. The zero-order valence-electron chi connectivity index (χ0n) is 16.9. The molecule has 0 saturated carbocycles. The summed E-state index contributed by atoms with van der Waals surface area (Å²) in [6.07, 6.45) is 0. The molecule has 0 heterocycles. The largest absolute Gasteiger partial charge is 0.483 e. The maximum atomic E-state index is 12.5. The van der Waals surface area contributed by atoms with E-state index in [1.165, 1.54) is 16.4 Å². The van der Waals surface area contributed by atoms with E-state index in [9.17, 15) is 13.2 Å². The third-order valence-corrected chi connectivity index (χ3v) is 7.04. The molecule has 0 atom stereocenters. The molecule has 10 heteroatoms. The SMILES string of the molecule is CCN(CC)S(=O)(=O)c1ccc(NC(=S)NC(=O)COc2ccc(C)cc2Br)cc1. The Balaban J connectivity index is 1.90. The molecule has 0 saturated heterocycles. The highest BCUT2D eigenvalue weighted by atomic mass is 79.9. The van der Waals surface area contributed by atoms with Crippen LogP contribution in [0.1, 0.15) is 19.4 Å². The number of anilines is 1. The summed E-state index contributed by atoms with van der Waals surface area (Å²) < 4.78 is 32.6. The average Bonchev–Trinajstić information content (AvgIpc) is 2.68. The lowest BCUT2D eigenvalue weighted by Gasteiger charge is -2.18. The zero-order chi connectivity index (χ0) is 22.3. The maximum absolute atomic E-state index is 12.5. The van der Waals surface area contributed by atoms with Crippen LogP contribution in [-0.2, 0) is 14.8 Å². The van der Waals surface area contributed by atoms with Crippen molar-refractivity contribution < 1.29 is 17.9 Å². The van der Waals surface area contributed by atoms with E-state index in [4.69, 9.17) is 17.0 Å². The lowest BCUT2D eigenvalue weighted by atomic mass is 10.2. The number of aryl methyl sites for hydroxylation is 1. The third-order valence-electron chi connectivity index (χ3n) is 4.15. The molecule has 162 valence electrons. The second-order valence-electron chi connectivity index (χ2n) is 6.34. The Labute approximate surface area is 191 Å². The van der Waals surface area contributed by atoms with Crippen molar-refractivity contribution in [3.8, 4) is 5.75 Å². The van der Waals surface area contributed by atoms with E-state index in [0.717, 1.165) is 10.0 Å². The van der Waals surface area contributed by atoms with Crippen molar-refractivity contribution >= 4 is 54.9 Å². The van der Waals surface area contributed by atoms with Crippen LogP contribution in [0.2, 0.25) is 0 Å². The normalized spacial score (nSPS) is 11.2. The Morgan fingerprint density at radius 2 is 1.77 bits per heavy atom. The fourth-order valence-electron chi connectivity index (χ4n) is 2.61. The van der Waals surface area contributed by atoms with Gasteiger partial charge in [0.25, 0.3) is 5.91 Å². The summed E-state index contributed by atoms with van der Waals surface area (Å²) in [6, 6.07) is 11.7. The molecule has 1 amide bonds. The Hall–Kier alpha value is -2.01. The summed E-state index contributed by atoms with van der Waals surface area (Å²) in [4.78, 5) is 12.3. The standard InChI is InChI=1S/C20H24BrN3O4S2/c1-4-24(5-2)30(26,27)16-9-7-15(8-10-16)22-20(29)23-19(25)13-28-18-11-6-14(3)12-17(18)21/h6-12H,4-5,13H2,1-3H3,(H2,22,23,25,29). The molecule has 0 bridgehead atoms. The van der Waals surface area contributed by atoms with Gasteiger partial charge in [0.05, 0.1) is 9.37 Å². The molecule has 2 aromatic carbocycles. The van der Waals surface area contributed by atoms with E-state index in [1.54, 1.807) is 32.0 Å². The van der Waals surface area contributed by atoms with Gasteiger partial charge in [-0.1, -0.05) is 19.9 Å². The first-order valence-corrected chi connectivity index (χ1v) is 11.9. The predicted molar refractivity (Wildman–Crippen MR) is 125 cm³/mol. The number of hydrogen-bond donors (Lipinski definition) is 2. The van der Waals surface area contributed by atoms with Crippen LogP contribution in [0, 0.1) is 6.92 Å². The van der Waals surface area contributed by atoms with Crippen molar-refractivity contribution in [2.45, 2.75) is 25.7 Å². The van der Waals surface area contributed by atoms with Gasteiger partial charge >= 0.3 is 0 Å². The van der Waals surface area contributed by atoms with Crippen LogP contribution in [0.4, 0.5) is 5.69 Å². The number of carbonyl (C=O) groups excluding carboxylic acids is 1. The van der Waals surface area contributed by atoms with Gasteiger partial charge in [0, 0.05) is 18.8 Å². The Kier molecular flexibility index (Phi) is 8.78. The Bertz CT molecular complexity index is 1010. The maximum Gasteiger partial charge on any atom is 0.264 e. The molecule has 0 radical (unpaired) electrons. The molecule has 2 aromatic rings. The summed E-state index contributed by atoms with van der Waals surface area (Å²) >= 11 is 8.53. The number of rotatable bonds is 8. The number of hydrogen-bond acceptors (Lipinski definition) is 5. The number of nitrogens with one attached hydrogen (secondary N) is 2. The van der Waals surface area contributed by atoms with Crippen LogP contribution in [0.3, 0.4) is 0 Å². The van der Waals surface area contributed by atoms with Gasteiger partial charge in [0.2, 0.25) is 10.0 Å². The highest BCUT2D eigenvalue weighted by molar-refractivity contribution is 9.10. The highest BCUT2D eigenvalue weighted by Crippen LogP contribution is 2.25. The molecule has 0 unspecified atom stereocenters. The number of sulfonamides is 1. The minimum Gasteiger partial charge on any atom is -0.483 e. The van der Waals surface area contributed by atoms with E-state index in [2.05, 4.69) is 26.6 Å². The minimum atomic E-state index is -3.52. The molecule has 0 fully saturated rings. The van der Waals surface area contributed by atoms with Crippen molar-refractivity contribution in [1.29, 1.82) is 0 Å². The molecule has 0 aliphatic carbocycles. The summed E-state index contributed by atoms with van der Waals surface area (Å²) in [5.41, 5.74) is 1.63. The number of nitrogens with zero attached hydrogens (tertiary/aromatic N) is 1. The fourth-order valence-corrected chi connectivity index (χ4v) is 4.91. The summed E-state index contributed by atoms with van der Waals surface area (Å²) in [7, 11) is -3.52. The van der Waals surface area contributed by atoms with Gasteiger partial charge in [-0.2, -0.15) is 4.31 Å². The number of carbonyl (C=O) groups is 1. The lowest BCUT2D eigenvalue weighted by Crippen LogP contribution is -2.37. The number of halogens is 1. The van der Waals surface area contributed by atoms with Crippen molar-refractivity contribution in [2.75, 3.05) is 25.0 Å². The first kappa shape index (κ1) is 24.3. The quantitative estimate of drug-likeness (QED) is 0.523. The Morgan fingerprint density at radius 3 is 2.33 bits per heavy atom. The van der Waals surface area contributed by atoms with Gasteiger partial charge in [0.15, 0.2) is 11.7 Å². The van der Waals surface area contributed by atoms with Crippen LogP contribution in [0.25, 0.3) is 0 Å². The van der Waals surface area contributed by atoms with Gasteiger partial charge in [-0.25, -0.2) is 8.42 Å². The molecule has 2 rings (SSSR count). The lowest BCUT2D eigenvalue weighted by molar-refractivity contribution is -0.121. The van der Waals surface area contributed by atoms with Gasteiger partial charge in [0.1, 0.15) is 5.75 Å². The van der Waals surface area contributed by atoms with Gasteiger partial charge in [-0.3, -0.25) is 10.1 Å². The van der Waals surface area contributed by atoms with Crippen LogP contribution in [-0.4, -0.2) is 43.4 Å². The van der Waals surface area contributed by atoms with Gasteiger partial charge < -0.3 is 10.1 Å². The summed E-state index contributed by atoms with van der Waals surface area (Å²) in [5, 5.41) is 5.47. The van der Waals surface area contributed by atoms with Crippen LogP contribution in [0.15, 0.2) is 51.8 Å². The number of thiocarbonyl (C=S) groups is 1. The van der Waals surface area contributed by atoms with E-state index >= 15 is 0 Å². The highest BCUT2D eigenvalue weighted by Gasteiger charge is 2.21. The van der Waals surface area contributed by atoms with Crippen LogP contribution >= 0.6 is 28.1 Å². The fraction of sp³-hybridized carbons (Fsp3) is 0.300. The first-order chi connectivity index (χ1) is 14.2. The molecule has 0 aromatic heterocycles. The van der Waals surface area contributed by atoms with Gasteiger partial charge in [-0.15, -0.1) is 0 Å². The molecular weight excluding hydrogens is 490 g/mol. The van der Waals surface area contributed by atoms with E-state index in [1.807, 2.05) is 19.1 Å². The second kappa shape index (κ2) is 10.9.